The molecule has 20 heavy (non-hydrogen) atoms. The van der Waals surface area contributed by atoms with Crippen LogP contribution in [-0.4, -0.2) is 46.4 Å². The van der Waals surface area contributed by atoms with E-state index in [0.29, 0.717) is 24.3 Å². The molecule has 110 valence electrons. The van der Waals surface area contributed by atoms with Crippen molar-refractivity contribution in [2.75, 3.05) is 19.6 Å². The second-order valence-electron chi connectivity index (χ2n) is 5.97. The smallest absolute Gasteiger partial charge is 0.222 e. The van der Waals surface area contributed by atoms with Crippen molar-refractivity contribution in [3.05, 3.63) is 30.1 Å². The second-order valence-corrected chi connectivity index (χ2v) is 5.97. The van der Waals surface area contributed by atoms with Gasteiger partial charge in [-0.25, -0.2) is 0 Å². The number of hydrogen-bond donors (Lipinski definition) is 0. The lowest BCUT2D eigenvalue weighted by molar-refractivity contribution is -0.139. The zero-order chi connectivity index (χ0) is 14.5. The monoisotopic (exact) mass is 275 g/mol. The quantitative estimate of drug-likeness (QED) is 0.798. The molecular formula is C16H25N3O. The van der Waals surface area contributed by atoms with Crippen LogP contribution in [0.4, 0.5) is 0 Å². The normalized spacial score (nSPS) is 15.8. The molecule has 1 amide bonds. The Bertz CT molecular complexity index is 427. The summed E-state index contributed by atoms with van der Waals surface area (Å²) in [5, 5.41) is 0. The first-order valence-electron chi connectivity index (χ1n) is 7.50. The number of rotatable bonds is 6. The van der Waals surface area contributed by atoms with Gasteiger partial charge in [0, 0.05) is 44.5 Å². The first-order chi connectivity index (χ1) is 9.60. The summed E-state index contributed by atoms with van der Waals surface area (Å²) in [6, 6.07) is 4.62. The number of carbonyl (C=O) groups is 1. The molecule has 4 heteroatoms. The van der Waals surface area contributed by atoms with E-state index in [1.807, 2.05) is 17.3 Å². The molecule has 0 unspecified atom stereocenters. The summed E-state index contributed by atoms with van der Waals surface area (Å²) in [4.78, 5) is 20.4. The van der Waals surface area contributed by atoms with E-state index < -0.39 is 0 Å². The minimum atomic E-state index is 0.302. The Labute approximate surface area is 121 Å². The molecule has 1 saturated heterocycles. The van der Waals surface area contributed by atoms with E-state index in [4.69, 9.17) is 0 Å². The molecule has 0 atom stereocenters. The molecule has 0 radical (unpaired) electrons. The van der Waals surface area contributed by atoms with Crippen LogP contribution >= 0.6 is 0 Å². The molecule has 1 aromatic heterocycles. The van der Waals surface area contributed by atoms with E-state index in [2.05, 4.69) is 42.8 Å². The highest BCUT2D eigenvalue weighted by molar-refractivity contribution is 5.77. The summed E-state index contributed by atoms with van der Waals surface area (Å²) in [6.45, 7) is 10.1. The van der Waals surface area contributed by atoms with Gasteiger partial charge in [-0.3, -0.25) is 14.7 Å². The maximum absolute atomic E-state index is 11.9. The van der Waals surface area contributed by atoms with Gasteiger partial charge in [0.15, 0.2) is 0 Å². The number of pyridine rings is 1. The predicted octanol–water partition coefficient (Wildman–Crippen LogP) is 2.16. The summed E-state index contributed by atoms with van der Waals surface area (Å²) in [6.07, 6.45) is 4.34. The van der Waals surface area contributed by atoms with Crippen molar-refractivity contribution in [2.45, 2.75) is 39.8 Å². The van der Waals surface area contributed by atoms with Gasteiger partial charge in [-0.05, 0) is 30.2 Å². The zero-order valence-electron chi connectivity index (χ0n) is 12.7. The Balaban J connectivity index is 1.82. The Morgan fingerprint density at radius 3 is 2.60 bits per heavy atom. The van der Waals surface area contributed by atoms with Crippen LogP contribution in [0.2, 0.25) is 0 Å². The molecule has 1 aliphatic heterocycles. The summed E-state index contributed by atoms with van der Waals surface area (Å²) in [5.74, 6) is 0.747. The fraction of sp³-hybridized carbons (Fsp3) is 0.625. The summed E-state index contributed by atoms with van der Waals surface area (Å²) >= 11 is 0. The number of nitrogens with zero attached hydrogens (tertiary/aromatic N) is 3. The standard InChI is InChI=1S/C16H25N3O/c1-4-18(10-14-5-7-17-8-6-14)15-11-19(12-15)16(20)9-13(2)3/h5-8,13,15H,4,9-12H2,1-3H3. The third kappa shape index (κ3) is 3.79. The Hall–Kier alpha value is -1.42. The number of carbonyl (C=O) groups excluding carboxylic acids is 1. The van der Waals surface area contributed by atoms with Crippen LogP contribution < -0.4 is 0 Å². The topological polar surface area (TPSA) is 36.4 Å². The van der Waals surface area contributed by atoms with Crippen LogP contribution in [-0.2, 0) is 11.3 Å². The number of amides is 1. The van der Waals surface area contributed by atoms with Crippen LogP contribution in [0.1, 0.15) is 32.8 Å². The lowest BCUT2D eigenvalue weighted by Gasteiger charge is -2.45. The maximum atomic E-state index is 11.9. The Morgan fingerprint density at radius 2 is 2.05 bits per heavy atom. The van der Waals surface area contributed by atoms with Gasteiger partial charge in [-0.1, -0.05) is 20.8 Å². The van der Waals surface area contributed by atoms with E-state index >= 15 is 0 Å². The molecule has 4 nitrogen and oxygen atoms in total. The van der Waals surface area contributed by atoms with Crippen molar-refractivity contribution in [1.82, 2.24) is 14.8 Å². The molecule has 0 aromatic carbocycles. The number of likely N-dealkylation sites (tertiary alicyclic amines) is 1. The van der Waals surface area contributed by atoms with Gasteiger partial charge in [-0.2, -0.15) is 0 Å². The van der Waals surface area contributed by atoms with Crippen LogP contribution in [0, 0.1) is 5.92 Å². The van der Waals surface area contributed by atoms with Crippen molar-refractivity contribution < 1.29 is 4.79 Å². The van der Waals surface area contributed by atoms with E-state index in [-0.39, 0.29) is 0 Å². The van der Waals surface area contributed by atoms with E-state index in [1.54, 1.807) is 0 Å². The highest BCUT2D eigenvalue weighted by Gasteiger charge is 2.33. The molecule has 0 spiro atoms. The van der Waals surface area contributed by atoms with Gasteiger partial charge in [0.2, 0.25) is 5.91 Å². The van der Waals surface area contributed by atoms with Crippen molar-refractivity contribution in [2.24, 2.45) is 5.92 Å². The number of aromatic nitrogens is 1. The van der Waals surface area contributed by atoms with Crippen LogP contribution in [0.25, 0.3) is 0 Å². The molecule has 0 aliphatic carbocycles. The van der Waals surface area contributed by atoms with Gasteiger partial charge in [-0.15, -0.1) is 0 Å². The Morgan fingerprint density at radius 1 is 1.40 bits per heavy atom. The highest BCUT2D eigenvalue weighted by atomic mass is 16.2. The average Bonchev–Trinajstić information content (AvgIpc) is 2.36. The molecule has 0 saturated carbocycles. The molecule has 2 heterocycles. The Kier molecular flexibility index (Phi) is 5.12. The SMILES string of the molecule is CCN(Cc1ccncc1)C1CN(C(=O)CC(C)C)C1. The molecule has 1 fully saturated rings. The van der Waals surface area contributed by atoms with Gasteiger partial charge >= 0.3 is 0 Å². The molecule has 0 bridgehead atoms. The molecule has 0 N–H and O–H groups in total. The van der Waals surface area contributed by atoms with Crippen molar-refractivity contribution >= 4 is 5.91 Å². The fourth-order valence-electron chi connectivity index (χ4n) is 2.59. The number of likely N-dealkylation sites (N-methyl/N-ethyl adjacent to an activating group) is 1. The van der Waals surface area contributed by atoms with Gasteiger partial charge in [0.25, 0.3) is 0 Å². The first kappa shape index (κ1) is 15.0. The second kappa shape index (κ2) is 6.84. The highest BCUT2D eigenvalue weighted by Crippen LogP contribution is 2.19. The summed E-state index contributed by atoms with van der Waals surface area (Å²) in [7, 11) is 0. The van der Waals surface area contributed by atoms with Crippen LogP contribution in [0.5, 0.6) is 0 Å². The molecular weight excluding hydrogens is 250 g/mol. The summed E-state index contributed by atoms with van der Waals surface area (Å²) in [5.41, 5.74) is 1.29. The molecule has 1 aromatic rings. The first-order valence-corrected chi connectivity index (χ1v) is 7.50. The van der Waals surface area contributed by atoms with Gasteiger partial charge in [0.1, 0.15) is 0 Å². The lowest BCUT2D eigenvalue weighted by Crippen LogP contribution is -2.60. The largest absolute Gasteiger partial charge is 0.339 e. The maximum Gasteiger partial charge on any atom is 0.222 e. The van der Waals surface area contributed by atoms with Crippen LogP contribution in [0.3, 0.4) is 0 Å². The number of hydrogen-bond acceptors (Lipinski definition) is 3. The van der Waals surface area contributed by atoms with Crippen molar-refractivity contribution in [1.29, 1.82) is 0 Å². The average molecular weight is 275 g/mol. The lowest BCUT2D eigenvalue weighted by atomic mass is 10.0. The zero-order valence-corrected chi connectivity index (χ0v) is 12.7. The molecule has 1 aliphatic rings. The van der Waals surface area contributed by atoms with E-state index in [0.717, 1.165) is 26.2 Å². The van der Waals surface area contributed by atoms with Crippen molar-refractivity contribution in [3.63, 3.8) is 0 Å². The summed E-state index contributed by atoms with van der Waals surface area (Å²) < 4.78 is 0. The minimum absolute atomic E-state index is 0.302. The van der Waals surface area contributed by atoms with Crippen LogP contribution in [0.15, 0.2) is 24.5 Å². The van der Waals surface area contributed by atoms with Crippen molar-refractivity contribution in [3.8, 4) is 0 Å². The van der Waals surface area contributed by atoms with E-state index in [1.165, 1.54) is 5.56 Å². The van der Waals surface area contributed by atoms with Gasteiger partial charge in [0.05, 0.1) is 0 Å². The van der Waals surface area contributed by atoms with Gasteiger partial charge < -0.3 is 4.90 Å². The predicted molar refractivity (Wildman–Crippen MR) is 80.1 cm³/mol. The third-order valence-corrected chi connectivity index (χ3v) is 3.86. The minimum Gasteiger partial charge on any atom is -0.339 e. The van der Waals surface area contributed by atoms with E-state index in [9.17, 15) is 4.79 Å². The fourth-order valence-corrected chi connectivity index (χ4v) is 2.59. The third-order valence-electron chi connectivity index (χ3n) is 3.86. The molecule has 2 rings (SSSR count).